The van der Waals surface area contributed by atoms with Gasteiger partial charge >= 0.3 is 18.5 Å². The lowest BCUT2D eigenvalue weighted by Gasteiger charge is -2.07. The third-order valence-corrected chi connectivity index (χ3v) is 1.29. The molecule has 0 rings (SSSR count). The standard InChI is InChI=1S/C3H4N4O8/c4-2(8)15-1-3(5(9)10,6(11)12)7(13)14/h1H2,(H2,4,8). The molecule has 0 aliphatic rings. The SMILES string of the molecule is NC(=O)OCC([N+](=O)[O-])([N+](=O)[O-])[N+](=O)[O-]. The number of rotatable bonds is 5. The van der Waals surface area contributed by atoms with Crippen LogP contribution in [0, 0.1) is 30.3 Å². The Hall–Kier alpha value is -2.53. The number of nitrogens with two attached hydrogens (primary N) is 1. The maximum Gasteiger partial charge on any atom is 0.734 e. The van der Waals surface area contributed by atoms with Crippen LogP contribution in [0.15, 0.2) is 0 Å². The van der Waals surface area contributed by atoms with Crippen molar-refractivity contribution in [2.75, 3.05) is 6.61 Å². The Morgan fingerprint density at radius 3 is 1.67 bits per heavy atom. The van der Waals surface area contributed by atoms with Gasteiger partial charge in [-0.3, -0.25) is 30.3 Å². The molecule has 0 heterocycles. The quantitative estimate of drug-likeness (QED) is 0.334. The molecule has 0 unspecified atom stereocenters. The Balaban J connectivity index is 5.15. The molecular weight excluding hydrogens is 220 g/mol. The van der Waals surface area contributed by atoms with Gasteiger partial charge in [0.15, 0.2) is 14.8 Å². The van der Waals surface area contributed by atoms with Crippen LogP contribution in [0.2, 0.25) is 0 Å². The molecule has 0 radical (unpaired) electrons. The van der Waals surface area contributed by atoms with Gasteiger partial charge in [0.05, 0.1) is 0 Å². The number of amides is 1. The molecule has 12 nitrogen and oxygen atoms in total. The van der Waals surface area contributed by atoms with Crippen molar-refractivity contribution < 1.29 is 24.3 Å². The van der Waals surface area contributed by atoms with Crippen LogP contribution in [0.1, 0.15) is 0 Å². The van der Waals surface area contributed by atoms with E-state index in [2.05, 4.69) is 10.5 Å². The summed E-state index contributed by atoms with van der Waals surface area (Å²) in [5, 5.41) is 30.6. The highest BCUT2D eigenvalue weighted by molar-refractivity contribution is 5.64. The number of primary amides is 1. The van der Waals surface area contributed by atoms with Crippen molar-refractivity contribution in [3.63, 3.8) is 0 Å². The predicted molar refractivity (Wildman–Crippen MR) is 39.2 cm³/mol. The van der Waals surface area contributed by atoms with Crippen LogP contribution in [0.5, 0.6) is 0 Å². The first kappa shape index (κ1) is 12.5. The summed E-state index contributed by atoms with van der Waals surface area (Å²) in [4.78, 5) is 35.3. The molecule has 0 aliphatic carbocycles. The summed E-state index contributed by atoms with van der Waals surface area (Å²) in [6.45, 7) is -1.69. The van der Waals surface area contributed by atoms with E-state index in [0.29, 0.717) is 0 Å². The van der Waals surface area contributed by atoms with E-state index < -0.39 is 33.3 Å². The maximum absolute atomic E-state index is 10.2. The molecule has 0 aromatic heterocycles. The summed E-state index contributed by atoms with van der Waals surface area (Å²) in [5.41, 5.74) is 4.37. The molecule has 0 aromatic rings. The second-order valence-electron chi connectivity index (χ2n) is 2.15. The van der Waals surface area contributed by atoms with Crippen LogP contribution in [0.4, 0.5) is 4.79 Å². The molecule has 1 amide bonds. The summed E-state index contributed by atoms with van der Waals surface area (Å²) in [6, 6.07) is 0. The van der Waals surface area contributed by atoms with Crippen molar-refractivity contribution in [3.05, 3.63) is 30.3 Å². The van der Waals surface area contributed by atoms with Crippen LogP contribution in [-0.2, 0) is 4.74 Å². The topological polar surface area (TPSA) is 182 Å². The fourth-order valence-corrected chi connectivity index (χ4v) is 0.526. The molecule has 12 heteroatoms. The molecule has 0 atom stereocenters. The lowest BCUT2D eigenvalue weighted by molar-refractivity contribution is -0.970. The number of hydrogen-bond donors (Lipinski definition) is 1. The van der Waals surface area contributed by atoms with Crippen molar-refractivity contribution in [1.82, 2.24) is 0 Å². The van der Waals surface area contributed by atoms with Crippen LogP contribution >= 0.6 is 0 Å². The summed E-state index contributed by atoms with van der Waals surface area (Å²) in [7, 11) is 0. The highest BCUT2D eigenvalue weighted by Gasteiger charge is 2.72. The summed E-state index contributed by atoms with van der Waals surface area (Å²) >= 11 is 0. The predicted octanol–water partition coefficient (Wildman–Crippen LogP) is -1.43. The number of carbonyl (C=O) groups excluding carboxylic acids is 1. The first-order valence-corrected chi connectivity index (χ1v) is 3.11. The van der Waals surface area contributed by atoms with E-state index in [1.54, 1.807) is 0 Å². The van der Waals surface area contributed by atoms with Crippen molar-refractivity contribution in [2.24, 2.45) is 5.73 Å². The smallest absolute Gasteiger partial charge is 0.424 e. The van der Waals surface area contributed by atoms with Crippen molar-refractivity contribution in [1.29, 1.82) is 0 Å². The molecule has 15 heavy (non-hydrogen) atoms. The van der Waals surface area contributed by atoms with Crippen LogP contribution in [0.3, 0.4) is 0 Å². The van der Waals surface area contributed by atoms with Gasteiger partial charge in [-0.05, 0) is 0 Å². The van der Waals surface area contributed by atoms with Crippen molar-refractivity contribution in [3.8, 4) is 0 Å². The van der Waals surface area contributed by atoms with Gasteiger partial charge in [-0.2, -0.15) is 0 Å². The van der Waals surface area contributed by atoms with Crippen molar-refractivity contribution in [2.45, 2.75) is 5.79 Å². The van der Waals surface area contributed by atoms with E-state index in [9.17, 15) is 35.1 Å². The number of hydrogen-bond acceptors (Lipinski definition) is 8. The zero-order chi connectivity index (χ0) is 12.2. The minimum absolute atomic E-state index is 1.59. The molecule has 0 bridgehead atoms. The molecule has 0 aromatic carbocycles. The molecule has 0 aliphatic heterocycles. The Labute approximate surface area is 80.0 Å². The van der Waals surface area contributed by atoms with Gasteiger partial charge in [0.1, 0.15) is 0 Å². The number of ether oxygens (including phenoxy) is 1. The average molecular weight is 224 g/mol. The van der Waals surface area contributed by atoms with E-state index in [-0.39, 0.29) is 0 Å². The molecule has 0 saturated carbocycles. The zero-order valence-corrected chi connectivity index (χ0v) is 6.89. The Morgan fingerprint density at radius 2 is 1.47 bits per heavy atom. The monoisotopic (exact) mass is 224 g/mol. The third kappa shape index (κ3) is 2.23. The molecule has 2 N–H and O–H groups in total. The normalized spacial score (nSPS) is 10.4. The molecular formula is C3H4N4O8. The zero-order valence-electron chi connectivity index (χ0n) is 6.89. The number of nitro groups is 3. The van der Waals surface area contributed by atoms with E-state index in [1.165, 1.54) is 0 Å². The summed E-state index contributed by atoms with van der Waals surface area (Å²) in [6.07, 6.45) is -1.59. The Kier molecular flexibility index (Phi) is 3.42. The van der Waals surface area contributed by atoms with Crippen molar-refractivity contribution >= 4 is 6.09 Å². The molecule has 0 spiro atoms. The van der Waals surface area contributed by atoms with Gasteiger partial charge in [-0.15, -0.1) is 0 Å². The highest BCUT2D eigenvalue weighted by Crippen LogP contribution is 2.12. The van der Waals surface area contributed by atoms with Crippen LogP contribution < -0.4 is 5.73 Å². The van der Waals surface area contributed by atoms with Gasteiger partial charge in [0.25, 0.3) is 0 Å². The average Bonchev–Trinajstić information content (AvgIpc) is 2.02. The molecule has 0 saturated heterocycles. The summed E-state index contributed by atoms with van der Waals surface area (Å²) < 4.78 is 3.71. The maximum atomic E-state index is 10.2. The van der Waals surface area contributed by atoms with Gasteiger partial charge in [0.2, 0.25) is 0 Å². The van der Waals surface area contributed by atoms with Gasteiger partial charge in [0, 0.05) is 0 Å². The molecule has 84 valence electrons. The lowest BCUT2D eigenvalue weighted by atomic mass is 10.4. The number of carbonyl (C=O) groups is 1. The second-order valence-corrected chi connectivity index (χ2v) is 2.15. The Bertz CT molecular complexity index is 288. The minimum atomic E-state index is -3.82. The van der Waals surface area contributed by atoms with E-state index >= 15 is 0 Å². The van der Waals surface area contributed by atoms with Gasteiger partial charge < -0.3 is 10.5 Å². The molecule has 0 fully saturated rings. The summed E-state index contributed by atoms with van der Waals surface area (Å²) in [5.74, 6) is -3.82. The van der Waals surface area contributed by atoms with E-state index in [4.69, 9.17) is 0 Å². The van der Waals surface area contributed by atoms with E-state index in [1.807, 2.05) is 0 Å². The van der Waals surface area contributed by atoms with Crippen LogP contribution in [-0.4, -0.2) is 33.3 Å². The first-order chi connectivity index (χ1) is 6.75. The second kappa shape index (κ2) is 4.12. The Morgan fingerprint density at radius 1 is 1.13 bits per heavy atom. The van der Waals surface area contributed by atoms with E-state index in [0.717, 1.165) is 0 Å². The first-order valence-electron chi connectivity index (χ1n) is 3.11. The largest absolute Gasteiger partial charge is 0.734 e. The fourth-order valence-electron chi connectivity index (χ4n) is 0.526. The minimum Gasteiger partial charge on any atom is -0.424 e. The third-order valence-electron chi connectivity index (χ3n) is 1.29. The van der Waals surface area contributed by atoms with Gasteiger partial charge in [-0.1, -0.05) is 0 Å². The number of nitrogens with zero attached hydrogens (tertiary/aromatic N) is 3. The van der Waals surface area contributed by atoms with Gasteiger partial charge in [-0.25, -0.2) is 4.79 Å². The fraction of sp³-hybridized carbons (Fsp3) is 0.667. The van der Waals surface area contributed by atoms with Crippen LogP contribution in [0.25, 0.3) is 0 Å². The lowest BCUT2D eigenvalue weighted by Crippen LogP contribution is -2.57. The highest BCUT2D eigenvalue weighted by atomic mass is 16.7.